The van der Waals surface area contributed by atoms with Gasteiger partial charge in [-0.3, -0.25) is 9.78 Å². The minimum atomic E-state index is -3.72. The highest BCUT2D eigenvalue weighted by atomic mass is 35.5. The fourth-order valence-electron chi connectivity index (χ4n) is 2.73. The lowest BCUT2D eigenvalue weighted by Gasteiger charge is -2.09. The molecular formula is C19H12ClF2N3O3. The van der Waals surface area contributed by atoms with Gasteiger partial charge in [0.05, 0.1) is 5.02 Å². The minimum absolute atomic E-state index is 0.116. The van der Waals surface area contributed by atoms with Crippen molar-refractivity contribution in [1.82, 2.24) is 9.97 Å². The summed E-state index contributed by atoms with van der Waals surface area (Å²) in [5.74, 6) is -0.241. The summed E-state index contributed by atoms with van der Waals surface area (Å²) in [4.78, 5) is 20.5. The summed E-state index contributed by atoms with van der Waals surface area (Å²) < 4.78 is 35.2. The number of benzene rings is 1. The second-order valence-corrected chi connectivity index (χ2v) is 6.43. The molecule has 1 aliphatic heterocycles. The van der Waals surface area contributed by atoms with Crippen LogP contribution in [-0.2, 0) is 0 Å². The Bertz CT molecular complexity index is 1070. The molecule has 1 amide bonds. The van der Waals surface area contributed by atoms with Crippen LogP contribution in [0.15, 0.2) is 48.9 Å². The molecule has 0 unspecified atom stereocenters. The number of nitrogens with zero attached hydrogens (tertiary/aromatic N) is 2. The normalized spacial score (nSPS) is 14.0. The van der Waals surface area contributed by atoms with Gasteiger partial charge in [0.15, 0.2) is 11.5 Å². The van der Waals surface area contributed by atoms with Crippen LogP contribution >= 0.6 is 11.6 Å². The molecule has 4 rings (SSSR count). The van der Waals surface area contributed by atoms with Crippen LogP contribution in [0.1, 0.15) is 15.9 Å². The van der Waals surface area contributed by atoms with Gasteiger partial charge < -0.3 is 14.8 Å². The number of carbonyl (C=O) groups excluding carboxylic acids is 1. The van der Waals surface area contributed by atoms with Gasteiger partial charge in [-0.1, -0.05) is 11.6 Å². The molecule has 0 radical (unpaired) electrons. The molecule has 142 valence electrons. The zero-order chi connectivity index (χ0) is 19.9. The Morgan fingerprint density at radius 3 is 2.57 bits per heavy atom. The molecule has 0 fully saturated rings. The van der Waals surface area contributed by atoms with E-state index in [4.69, 9.17) is 11.6 Å². The van der Waals surface area contributed by atoms with Crippen molar-refractivity contribution in [2.24, 2.45) is 0 Å². The largest absolute Gasteiger partial charge is 0.586 e. The predicted octanol–water partition coefficient (Wildman–Crippen LogP) is 4.68. The van der Waals surface area contributed by atoms with Crippen molar-refractivity contribution >= 4 is 23.3 Å². The number of fused-ring (bicyclic) bond motifs is 1. The number of alkyl halides is 2. The van der Waals surface area contributed by atoms with E-state index in [-0.39, 0.29) is 22.4 Å². The van der Waals surface area contributed by atoms with Crippen LogP contribution in [0.2, 0.25) is 5.02 Å². The average molecular weight is 404 g/mol. The van der Waals surface area contributed by atoms with Gasteiger partial charge in [-0.2, -0.15) is 0 Å². The molecule has 6 nitrogen and oxygen atoms in total. The maximum absolute atomic E-state index is 13.2. The molecule has 0 saturated heterocycles. The quantitative estimate of drug-likeness (QED) is 0.687. The van der Waals surface area contributed by atoms with Gasteiger partial charge in [0.1, 0.15) is 5.82 Å². The first-order chi connectivity index (χ1) is 13.3. The molecule has 1 aromatic carbocycles. The molecule has 0 saturated carbocycles. The molecule has 1 aliphatic rings. The number of halogens is 3. The monoisotopic (exact) mass is 403 g/mol. The topological polar surface area (TPSA) is 73.3 Å². The Hall–Kier alpha value is -3.26. The summed E-state index contributed by atoms with van der Waals surface area (Å²) in [5, 5.41) is 2.89. The number of hydrogen-bond donors (Lipinski definition) is 1. The van der Waals surface area contributed by atoms with Gasteiger partial charge >= 0.3 is 6.29 Å². The van der Waals surface area contributed by atoms with Crippen LogP contribution in [0.4, 0.5) is 14.6 Å². The summed E-state index contributed by atoms with van der Waals surface area (Å²) in [6, 6.07) is 7.47. The molecule has 2 aromatic heterocycles. The van der Waals surface area contributed by atoms with Gasteiger partial charge in [-0.05, 0) is 36.8 Å². The Kier molecular flexibility index (Phi) is 4.35. The molecule has 1 N–H and O–H groups in total. The summed E-state index contributed by atoms with van der Waals surface area (Å²) >= 11 is 6.17. The first kappa shape index (κ1) is 18.1. The highest BCUT2D eigenvalue weighted by Gasteiger charge is 2.43. The van der Waals surface area contributed by atoms with Crippen LogP contribution in [0, 0.1) is 6.92 Å². The first-order valence-electron chi connectivity index (χ1n) is 8.10. The maximum atomic E-state index is 13.2. The van der Waals surface area contributed by atoms with Crippen molar-refractivity contribution in [3.8, 4) is 22.6 Å². The number of nitrogens with one attached hydrogen (secondary N) is 1. The number of aryl methyl sites for hydroxylation is 1. The number of carbonyl (C=O) groups is 1. The number of ether oxygens (including phenoxy) is 2. The Morgan fingerprint density at radius 1 is 1.14 bits per heavy atom. The fourth-order valence-corrected chi connectivity index (χ4v) is 2.99. The number of aromatic nitrogens is 2. The lowest BCUT2D eigenvalue weighted by Crippen LogP contribution is -2.25. The van der Waals surface area contributed by atoms with E-state index < -0.39 is 6.29 Å². The van der Waals surface area contributed by atoms with E-state index in [1.54, 1.807) is 31.3 Å². The number of hydrogen-bond acceptors (Lipinski definition) is 5. The predicted molar refractivity (Wildman–Crippen MR) is 97.8 cm³/mol. The molecule has 0 spiro atoms. The van der Waals surface area contributed by atoms with Gasteiger partial charge in [0.25, 0.3) is 5.91 Å². The van der Waals surface area contributed by atoms with E-state index in [9.17, 15) is 13.6 Å². The Morgan fingerprint density at radius 2 is 1.89 bits per heavy atom. The van der Waals surface area contributed by atoms with Crippen molar-refractivity contribution in [3.63, 3.8) is 0 Å². The van der Waals surface area contributed by atoms with Gasteiger partial charge in [-0.25, -0.2) is 4.98 Å². The fraction of sp³-hybridized carbons (Fsp3) is 0.105. The minimum Gasteiger partial charge on any atom is -0.395 e. The summed E-state index contributed by atoms with van der Waals surface area (Å²) in [5.41, 5.74) is 2.22. The third-order valence-electron chi connectivity index (χ3n) is 4.07. The van der Waals surface area contributed by atoms with Crippen molar-refractivity contribution in [2.45, 2.75) is 13.2 Å². The van der Waals surface area contributed by atoms with Gasteiger partial charge in [0, 0.05) is 41.3 Å². The van der Waals surface area contributed by atoms with Crippen LogP contribution in [-0.4, -0.2) is 22.2 Å². The van der Waals surface area contributed by atoms with E-state index in [1.807, 2.05) is 0 Å². The lowest BCUT2D eigenvalue weighted by atomic mass is 10.1. The molecule has 0 bridgehead atoms. The third kappa shape index (κ3) is 3.46. The molecule has 0 atom stereocenters. The highest BCUT2D eigenvalue weighted by Crippen LogP contribution is 2.45. The standard InChI is InChI=1S/C19H12ClF2N3O3/c1-10-8-23-5-4-12(10)18(26)25-17-3-2-11(9-24-17)13-6-15-16(7-14(13)20)28-19(21,22)27-15/h2-9H,1H3,(H,24,25,26). The number of pyridine rings is 2. The van der Waals surface area contributed by atoms with Crippen molar-refractivity contribution < 1.29 is 23.0 Å². The van der Waals surface area contributed by atoms with E-state index in [0.717, 1.165) is 5.56 Å². The van der Waals surface area contributed by atoms with E-state index in [1.165, 1.54) is 24.5 Å². The maximum Gasteiger partial charge on any atom is 0.586 e. The van der Waals surface area contributed by atoms with E-state index in [2.05, 4.69) is 24.8 Å². The molecule has 3 heterocycles. The van der Waals surface area contributed by atoms with Gasteiger partial charge in [-0.15, -0.1) is 8.78 Å². The number of amides is 1. The first-order valence-corrected chi connectivity index (χ1v) is 8.48. The molecule has 0 aliphatic carbocycles. The van der Waals surface area contributed by atoms with Crippen molar-refractivity contribution in [3.05, 3.63) is 65.1 Å². The molecule has 3 aromatic rings. The van der Waals surface area contributed by atoms with Crippen LogP contribution < -0.4 is 14.8 Å². The second-order valence-electron chi connectivity index (χ2n) is 6.02. The van der Waals surface area contributed by atoms with E-state index in [0.29, 0.717) is 22.5 Å². The Balaban J connectivity index is 1.56. The van der Waals surface area contributed by atoms with Crippen molar-refractivity contribution in [1.29, 1.82) is 0 Å². The summed E-state index contributed by atoms with van der Waals surface area (Å²) in [7, 11) is 0. The van der Waals surface area contributed by atoms with E-state index >= 15 is 0 Å². The SMILES string of the molecule is Cc1cnccc1C(=O)Nc1ccc(-c2cc3c(cc2Cl)OC(F)(F)O3)cn1. The summed E-state index contributed by atoms with van der Waals surface area (Å²) in [6.07, 6.45) is 0.874. The Labute approximate surface area is 163 Å². The zero-order valence-corrected chi connectivity index (χ0v) is 15.1. The number of rotatable bonds is 3. The number of anilines is 1. The highest BCUT2D eigenvalue weighted by molar-refractivity contribution is 6.33. The molecule has 28 heavy (non-hydrogen) atoms. The van der Waals surface area contributed by atoms with Crippen LogP contribution in [0.3, 0.4) is 0 Å². The van der Waals surface area contributed by atoms with Crippen LogP contribution in [0.25, 0.3) is 11.1 Å². The van der Waals surface area contributed by atoms with Crippen LogP contribution in [0.5, 0.6) is 11.5 Å². The third-order valence-corrected chi connectivity index (χ3v) is 4.38. The lowest BCUT2D eigenvalue weighted by molar-refractivity contribution is -0.286. The zero-order valence-electron chi connectivity index (χ0n) is 14.4. The smallest absolute Gasteiger partial charge is 0.395 e. The average Bonchev–Trinajstić information content (AvgIpc) is 2.95. The van der Waals surface area contributed by atoms with Crippen molar-refractivity contribution in [2.75, 3.05) is 5.32 Å². The summed E-state index contributed by atoms with van der Waals surface area (Å²) in [6.45, 7) is 1.78. The molecule has 9 heteroatoms. The van der Waals surface area contributed by atoms with Gasteiger partial charge in [0.2, 0.25) is 0 Å². The second kappa shape index (κ2) is 6.72. The molecular weight excluding hydrogens is 392 g/mol.